The summed E-state index contributed by atoms with van der Waals surface area (Å²) in [4.78, 5) is 11.0. The first-order chi connectivity index (χ1) is 8.99. The molecule has 0 radical (unpaired) electrons. The fourth-order valence-corrected chi connectivity index (χ4v) is 1.88. The third-order valence-corrected chi connectivity index (χ3v) is 2.80. The predicted octanol–water partition coefficient (Wildman–Crippen LogP) is 2.81. The van der Waals surface area contributed by atoms with Gasteiger partial charge in [-0.3, -0.25) is 4.79 Å². The molecule has 0 aromatic heterocycles. The predicted molar refractivity (Wildman–Crippen MR) is 75.8 cm³/mol. The average Bonchev–Trinajstić information content (AvgIpc) is 2.32. The molecule has 106 valence electrons. The first-order valence-corrected chi connectivity index (χ1v) is 6.71. The quantitative estimate of drug-likeness (QED) is 0.721. The maximum absolute atomic E-state index is 11.0. The Morgan fingerprint density at radius 1 is 1.47 bits per heavy atom. The molecule has 0 fully saturated rings. The Morgan fingerprint density at radius 3 is 2.79 bits per heavy atom. The number of carbonyl (C=O) groups is 1. The minimum absolute atomic E-state index is 0.336. The molecule has 1 aromatic rings. The van der Waals surface area contributed by atoms with E-state index in [0.717, 1.165) is 0 Å². The first-order valence-electron chi connectivity index (χ1n) is 6.33. The summed E-state index contributed by atoms with van der Waals surface area (Å²) in [7, 11) is 0. The smallest absolute Gasteiger partial charge is 0.320 e. The monoisotopic (exact) mass is 285 g/mol. The van der Waals surface area contributed by atoms with Crippen LogP contribution in [0.5, 0.6) is 5.75 Å². The summed E-state index contributed by atoms with van der Waals surface area (Å²) >= 11 is 5.83. The molecule has 5 heteroatoms. The van der Waals surface area contributed by atoms with Crippen LogP contribution in [-0.4, -0.2) is 30.3 Å². The first kappa shape index (κ1) is 15.8. The summed E-state index contributed by atoms with van der Waals surface area (Å²) in [6, 6.07) is 6.60. The Balaban J connectivity index is 2.30. The number of rotatable bonds is 8. The van der Waals surface area contributed by atoms with Gasteiger partial charge in [0.15, 0.2) is 0 Å². The Morgan fingerprint density at radius 2 is 2.21 bits per heavy atom. The second kappa shape index (κ2) is 8.02. The van der Waals surface area contributed by atoms with E-state index in [1.165, 1.54) is 0 Å². The average molecular weight is 286 g/mol. The highest BCUT2D eigenvalue weighted by molar-refractivity contribution is 6.30. The van der Waals surface area contributed by atoms with E-state index >= 15 is 0 Å². The molecule has 0 heterocycles. The molecule has 0 aliphatic carbocycles. The number of halogens is 1. The Bertz CT molecular complexity index is 409. The number of hydrogen-bond donors (Lipinski definition) is 2. The molecule has 1 atom stereocenters. The van der Waals surface area contributed by atoms with Crippen molar-refractivity contribution in [3.63, 3.8) is 0 Å². The van der Waals surface area contributed by atoms with Crippen LogP contribution in [0.1, 0.15) is 20.3 Å². The molecular formula is C14H20ClNO3. The molecule has 4 nitrogen and oxygen atoms in total. The molecule has 2 N–H and O–H groups in total. The zero-order chi connectivity index (χ0) is 14.3. The molecule has 0 aliphatic heterocycles. The lowest BCUT2D eigenvalue weighted by Gasteiger charge is -2.16. The van der Waals surface area contributed by atoms with Crippen LogP contribution in [0.15, 0.2) is 24.3 Å². The molecule has 19 heavy (non-hydrogen) atoms. The van der Waals surface area contributed by atoms with Crippen LogP contribution in [-0.2, 0) is 4.79 Å². The minimum atomic E-state index is -0.823. The number of benzene rings is 1. The number of aliphatic carboxylic acids is 1. The SMILES string of the molecule is CC(C)CC(NCCOc1cccc(Cl)c1)C(=O)O. The summed E-state index contributed by atoms with van der Waals surface area (Å²) in [5.74, 6) is 0.198. The van der Waals surface area contributed by atoms with Crippen LogP contribution < -0.4 is 10.1 Å². The van der Waals surface area contributed by atoms with E-state index in [0.29, 0.717) is 36.3 Å². The van der Waals surface area contributed by atoms with Crippen LogP contribution in [0.25, 0.3) is 0 Å². The van der Waals surface area contributed by atoms with Gasteiger partial charge >= 0.3 is 5.97 Å². The standard InChI is InChI=1S/C14H20ClNO3/c1-10(2)8-13(14(17)18)16-6-7-19-12-5-3-4-11(15)9-12/h3-5,9-10,13,16H,6-8H2,1-2H3,(H,17,18). The summed E-state index contributed by atoms with van der Waals surface area (Å²) < 4.78 is 5.48. The highest BCUT2D eigenvalue weighted by Crippen LogP contribution is 2.16. The molecule has 0 aliphatic rings. The molecule has 0 saturated carbocycles. The Labute approximate surface area is 118 Å². The summed E-state index contributed by atoms with van der Waals surface area (Å²) in [5.41, 5.74) is 0. The van der Waals surface area contributed by atoms with Gasteiger partial charge in [-0.1, -0.05) is 31.5 Å². The zero-order valence-electron chi connectivity index (χ0n) is 11.2. The van der Waals surface area contributed by atoms with Crippen LogP contribution >= 0.6 is 11.6 Å². The van der Waals surface area contributed by atoms with Crippen molar-refractivity contribution in [2.45, 2.75) is 26.3 Å². The van der Waals surface area contributed by atoms with E-state index in [4.69, 9.17) is 21.4 Å². The molecule has 0 bridgehead atoms. The molecule has 1 unspecified atom stereocenters. The number of hydrogen-bond acceptors (Lipinski definition) is 3. The second-order valence-electron chi connectivity index (χ2n) is 4.78. The van der Waals surface area contributed by atoms with Gasteiger partial charge in [-0.25, -0.2) is 0 Å². The van der Waals surface area contributed by atoms with Gasteiger partial charge in [0.2, 0.25) is 0 Å². The largest absolute Gasteiger partial charge is 0.492 e. The minimum Gasteiger partial charge on any atom is -0.492 e. The number of carboxylic acid groups (broad SMARTS) is 1. The van der Waals surface area contributed by atoms with Crippen molar-refractivity contribution in [2.75, 3.05) is 13.2 Å². The summed E-state index contributed by atoms with van der Waals surface area (Å²) in [6.07, 6.45) is 0.604. The molecule has 0 spiro atoms. The number of carboxylic acids is 1. The van der Waals surface area contributed by atoms with Crippen molar-refractivity contribution < 1.29 is 14.6 Å². The van der Waals surface area contributed by atoms with E-state index in [9.17, 15) is 4.79 Å². The fourth-order valence-electron chi connectivity index (χ4n) is 1.70. The molecule has 0 amide bonds. The van der Waals surface area contributed by atoms with Gasteiger partial charge in [0.05, 0.1) is 0 Å². The van der Waals surface area contributed by atoms with E-state index in [1.54, 1.807) is 12.1 Å². The van der Waals surface area contributed by atoms with Crippen molar-refractivity contribution in [1.29, 1.82) is 0 Å². The van der Waals surface area contributed by atoms with Crippen LogP contribution in [0.2, 0.25) is 5.02 Å². The maximum atomic E-state index is 11.0. The zero-order valence-corrected chi connectivity index (χ0v) is 12.0. The lowest BCUT2D eigenvalue weighted by Crippen LogP contribution is -2.39. The maximum Gasteiger partial charge on any atom is 0.320 e. The third kappa shape index (κ3) is 6.45. The summed E-state index contributed by atoms with van der Waals surface area (Å²) in [6.45, 7) is 4.89. The van der Waals surface area contributed by atoms with E-state index in [-0.39, 0.29) is 0 Å². The van der Waals surface area contributed by atoms with Gasteiger partial charge in [-0.2, -0.15) is 0 Å². The van der Waals surface area contributed by atoms with Crippen LogP contribution in [0, 0.1) is 5.92 Å². The van der Waals surface area contributed by atoms with Crippen molar-refractivity contribution >= 4 is 17.6 Å². The molecule has 1 rings (SSSR count). The number of nitrogens with one attached hydrogen (secondary N) is 1. The normalized spacial score (nSPS) is 12.4. The van der Waals surface area contributed by atoms with E-state index in [1.807, 2.05) is 26.0 Å². The van der Waals surface area contributed by atoms with Crippen molar-refractivity contribution in [2.24, 2.45) is 5.92 Å². The lowest BCUT2D eigenvalue weighted by atomic mass is 10.0. The number of ether oxygens (including phenoxy) is 1. The molecule has 0 saturated heterocycles. The highest BCUT2D eigenvalue weighted by atomic mass is 35.5. The van der Waals surface area contributed by atoms with Gasteiger partial charge in [0.25, 0.3) is 0 Å². The second-order valence-corrected chi connectivity index (χ2v) is 5.22. The van der Waals surface area contributed by atoms with Crippen molar-refractivity contribution in [1.82, 2.24) is 5.32 Å². The molecule has 1 aromatic carbocycles. The topological polar surface area (TPSA) is 58.6 Å². The van der Waals surface area contributed by atoms with E-state index < -0.39 is 12.0 Å². The van der Waals surface area contributed by atoms with Crippen LogP contribution in [0.3, 0.4) is 0 Å². The van der Waals surface area contributed by atoms with Crippen molar-refractivity contribution in [3.8, 4) is 5.75 Å². The Kier molecular flexibility index (Phi) is 6.67. The Hall–Kier alpha value is -1.26. The van der Waals surface area contributed by atoms with Gasteiger partial charge in [-0.15, -0.1) is 0 Å². The third-order valence-electron chi connectivity index (χ3n) is 2.56. The van der Waals surface area contributed by atoms with Gasteiger partial charge in [-0.05, 0) is 30.5 Å². The van der Waals surface area contributed by atoms with Gasteiger partial charge in [0.1, 0.15) is 18.4 Å². The fraction of sp³-hybridized carbons (Fsp3) is 0.500. The van der Waals surface area contributed by atoms with E-state index in [2.05, 4.69) is 5.32 Å². The van der Waals surface area contributed by atoms with Crippen molar-refractivity contribution in [3.05, 3.63) is 29.3 Å². The van der Waals surface area contributed by atoms with Crippen LogP contribution in [0.4, 0.5) is 0 Å². The van der Waals surface area contributed by atoms with Gasteiger partial charge < -0.3 is 15.2 Å². The summed E-state index contributed by atoms with van der Waals surface area (Å²) in [5, 5.41) is 12.7. The lowest BCUT2D eigenvalue weighted by molar-refractivity contribution is -0.139. The molecular weight excluding hydrogens is 266 g/mol. The van der Waals surface area contributed by atoms with Gasteiger partial charge in [0, 0.05) is 11.6 Å². The highest BCUT2D eigenvalue weighted by Gasteiger charge is 2.17.